The number of benzene rings is 2. The van der Waals surface area contributed by atoms with Crippen molar-refractivity contribution in [2.24, 2.45) is 0 Å². The van der Waals surface area contributed by atoms with Gasteiger partial charge in [0.1, 0.15) is 11.3 Å². The van der Waals surface area contributed by atoms with Crippen LogP contribution in [-0.4, -0.2) is 25.1 Å². The summed E-state index contributed by atoms with van der Waals surface area (Å²) in [7, 11) is -3.76. The van der Waals surface area contributed by atoms with Crippen LogP contribution in [-0.2, 0) is 14.6 Å². The zero-order chi connectivity index (χ0) is 18.0. The number of nitrogens with one attached hydrogen (secondary N) is 2. The summed E-state index contributed by atoms with van der Waals surface area (Å²) in [5.74, 6) is -1.41. The molecule has 25 heavy (non-hydrogen) atoms. The van der Waals surface area contributed by atoms with Crippen molar-refractivity contribution >= 4 is 65.6 Å². The number of anilines is 1. The van der Waals surface area contributed by atoms with Crippen LogP contribution >= 0.6 is 34.5 Å². The van der Waals surface area contributed by atoms with Crippen LogP contribution in [0.15, 0.2) is 47.4 Å². The number of nitrogens with zero attached hydrogens (tertiary/aromatic N) is 1. The van der Waals surface area contributed by atoms with Gasteiger partial charge in [0.2, 0.25) is 5.13 Å². The van der Waals surface area contributed by atoms with Gasteiger partial charge in [-0.1, -0.05) is 40.6 Å². The van der Waals surface area contributed by atoms with Crippen molar-refractivity contribution in [3.8, 4) is 0 Å². The fraction of sp³-hybridized carbons (Fsp3) is 0.0667. The highest BCUT2D eigenvalue weighted by molar-refractivity contribution is 7.92. The van der Waals surface area contributed by atoms with Crippen LogP contribution in [0, 0.1) is 0 Å². The highest BCUT2D eigenvalue weighted by Gasteiger charge is 2.19. The summed E-state index contributed by atoms with van der Waals surface area (Å²) in [4.78, 5) is 16.2. The molecule has 0 atom stereocenters. The molecule has 0 fully saturated rings. The van der Waals surface area contributed by atoms with Gasteiger partial charge >= 0.3 is 0 Å². The number of carbonyl (C=O) groups is 1. The number of carbonyl (C=O) groups excluding carboxylic acids is 1. The van der Waals surface area contributed by atoms with Crippen molar-refractivity contribution in [1.29, 1.82) is 0 Å². The summed E-state index contributed by atoms with van der Waals surface area (Å²) >= 11 is 13.1. The van der Waals surface area contributed by atoms with Crippen LogP contribution in [0.25, 0.3) is 10.2 Å². The van der Waals surface area contributed by atoms with Crippen molar-refractivity contribution in [2.45, 2.75) is 4.90 Å². The van der Waals surface area contributed by atoms with Gasteiger partial charge in [0.15, 0.2) is 9.84 Å². The van der Waals surface area contributed by atoms with Gasteiger partial charge in [-0.2, -0.15) is 0 Å². The number of hydrogen-bond acceptors (Lipinski definition) is 6. The predicted octanol–water partition coefficient (Wildman–Crippen LogP) is 3.52. The second-order valence-electron chi connectivity index (χ2n) is 4.99. The number of rotatable bonds is 5. The lowest BCUT2D eigenvalue weighted by atomic mass is 10.3. The molecule has 0 aliphatic rings. The van der Waals surface area contributed by atoms with Gasteiger partial charge in [-0.3, -0.25) is 15.6 Å². The maximum Gasteiger partial charge on any atom is 0.253 e. The first kappa shape index (κ1) is 17.9. The topological polar surface area (TPSA) is 88.2 Å². The third kappa shape index (κ3) is 4.21. The summed E-state index contributed by atoms with van der Waals surface area (Å²) in [6.07, 6.45) is 0. The smallest absolute Gasteiger partial charge is 0.253 e. The summed E-state index contributed by atoms with van der Waals surface area (Å²) in [5.41, 5.74) is 5.55. The molecule has 130 valence electrons. The van der Waals surface area contributed by atoms with E-state index in [9.17, 15) is 13.2 Å². The average molecular weight is 416 g/mol. The first-order valence-electron chi connectivity index (χ1n) is 6.93. The van der Waals surface area contributed by atoms with Crippen LogP contribution < -0.4 is 10.9 Å². The molecule has 0 aliphatic carbocycles. The van der Waals surface area contributed by atoms with E-state index in [4.69, 9.17) is 23.2 Å². The van der Waals surface area contributed by atoms with Crippen LogP contribution in [0.5, 0.6) is 0 Å². The van der Waals surface area contributed by atoms with Crippen LogP contribution in [0.3, 0.4) is 0 Å². The monoisotopic (exact) mass is 415 g/mol. The Morgan fingerprint density at radius 1 is 1.12 bits per heavy atom. The van der Waals surface area contributed by atoms with Gasteiger partial charge in [0, 0.05) is 5.02 Å². The molecule has 2 N–H and O–H groups in total. The number of fused-ring (bicyclic) bond motifs is 1. The molecule has 0 saturated carbocycles. The molecule has 2 aromatic carbocycles. The number of aromatic nitrogens is 1. The van der Waals surface area contributed by atoms with Crippen molar-refractivity contribution in [1.82, 2.24) is 10.4 Å². The van der Waals surface area contributed by atoms with Crippen molar-refractivity contribution in [3.05, 3.63) is 52.5 Å². The standard InChI is InChI=1S/C15H11Cl2N3O3S2/c16-9-4-6-10(7-5-9)25(22,23)8-13(21)19-20-15-18-14-11(17)2-1-3-12(14)24-15/h1-7H,8H2,(H,18,20)(H,19,21). The number of para-hydroxylation sites is 1. The summed E-state index contributed by atoms with van der Waals surface area (Å²) in [6.45, 7) is 0. The van der Waals surface area contributed by atoms with E-state index in [-0.39, 0.29) is 4.90 Å². The molecule has 1 aromatic heterocycles. The molecule has 1 amide bonds. The van der Waals surface area contributed by atoms with E-state index < -0.39 is 21.5 Å². The number of hydrogen-bond donors (Lipinski definition) is 2. The Morgan fingerprint density at radius 2 is 1.84 bits per heavy atom. The molecule has 0 spiro atoms. The van der Waals surface area contributed by atoms with Crippen molar-refractivity contribution in [3.63, 3.8) is 0 Å². The van der Waals surface area contributed by atoms with Gasteiger partial charge in [-0.25, -0.2) is 13.4 Å². The number of halogens is 2. The summed E-state index contributed by atoms with van der Waals surface area (Å²) in [6, 6.07) is 11.0. The Balaban J connectivity index is 1.65. The lowest BCUT2D eigenvalue weighted by molar-refractivity contribution is -0.118. The van der Waals surface area contributed by atoms with E-state index >= 15 is 0 Å². The van der Waals surface area contributed by atoms with E-state index in [2.05, 4.69) is 15.8 Å². The van der Waals surface area contributed by atoms with Crippen LogP contribution in [0.4, 0.5) is 5.13 Å². The van der Waals surface area contributed by atoms with Crippen LogP contribution in [0.2, 0.25) is 10.0 Å². The molecule has 1 heterocycles. The Labute approximate surface area is 157 Å². The third-order valence-electron chi connectivity index (χ3n) is 3.17. The number of hydrazine groups is 1. The zero-order valence-corrected chi connectivity index (χ0v) is 15.6. The fourth-order valence-electron chi connectivity index (χ4n) is 2.03. The SMILES string of the molecule is O=C(CS(=O)(=O)c1ccc(Cl)cc1)NNc1nc2c(Cl)cccc2s1. The normalized spacial score (nSPS) is 11.4. The second-order valence-corrected chi connectivity index (χ2v) is 8.86. The molecule has 0 aliphatic heterocycles. The van der Waals surface area contributed by atoms with Gasteiger partial charge in [0.25, 0.3) is 5.91 Å². The maximum atomic E-state index is 12.2. The molecule has 3 rings (SSSR count). The summed E-state index contributed by atoms with van der Waals surface area (Å²) < 4.78 is 25.2. The quantitative estimate of drug-likeness (QED) is 0.622. The minimum absolute atomic E-state index is 0.0267. The average Bonchev–Trinajstić information content (AvgIpc) is 2.97. The summed E-state index contributed by atoms with van der Waals surface area (Å²) in [5, 5.41) is 1.32. The Bertz CT molecular complexity index is 1030. The predicted molar refractivity (Wildman–Crippen MR) is 99.9 cm³/mol. The molecule has 6 nitrogen and oxygen atoms in total. The highest BCUT2D eigenvalue weighted by Crippen LogP contribution is 2.30. The highest BCUT2D eigenvalue weighted by atomic mass is 35.5. The van der Waals surface area contributed by atoms with Gasteiger partial charge in [-0.15, -0.1) is 0 Å². The Hall–Kier alpha value is -1.87. The Morgan fingerprint density at radius 3 is 2.52 bits per heavy atom. The number of amides is 1. The zero-order valence-electron chi connectivity index (χ0n) is 12.5. The first-order valence-corrected chi connectivity index (χ1v) is 10.2. The molecule has 0 radical (unpaired) electrons. The maximum absolute atomic E-state index is 12.2. The fourth-order valence-corrected chi connectivity index (χ4v) is 4.41. The minimum Gasteiger partial charge on any atom is -0.273 e. The molecule has 3 aromatic rings. The van der Waals surface area contributed by atoms with Crippen molar-refractivity contribution < 1.29 is 13.2 Å². The number of sulfone groups is 1. The van der Waals surface area contributed by atoms with Crippen LogP contribution in [0.1, 0.15) is 0 Å². The molecule has 10 heteroatoms. The van der Waals surface area contributed by atoms with E-state index in [1.54, 1.807) is 12.1 Å². The first-order chi connectivity index (χ1) is 11.8. The van der Waals surface area contributed by atoms with E-state index in [0.29, 0.717) is 20.7 Å². The molecule has 0 bridgehead atoms. The van der Waals surface area contributed by atoms with E-state index in [0.717, 1.165) is 4.70 Å². The third-order valence-corrected chi connectivity index (χ3v) is 6.30. The molecular formula is C15H11Cl2N3O3S2. The van der Waals surface area contributed by atoms with E-state index in [1.165, 1.54) is 35.6 Å². The largest absolute Gasteiger partial charge is 0.273 e. The lowest BCUT2D eigenvalue weighted by Gasteiger charge is -2.06. The minimum atomic E-state index is -3.76. The van der Waals surface area contributed by atoms with Gasteiger partial charge < -0.3 is 0 Å². The van der Waals surface area contributed by atoms with E-state index in [1.807, 2.05) is 6.07 Å². The van der Waals surface area contributed by atoms with Crippen molar-refractivity contribution in [2.75, 3.05) is 11.2 Å². The Kier molecular flexibility index (Phi) is 5.14. The number of thiazole rings is 1. The van der Waals surface area contributed by atoms with Gasteiger partial charge in [-0.05, 0) is 36.4 Å². The lowest BCUT2D eigenvalue weighted by Crippen LogP contribution is -2.34. The van der Waals surface area contributed by atoms with Gasteiger partial charge in [0.05, 0.1) is 14.6 Å². The molecule has 0 unspecified atom stereocenters. The molecular weight excluding hydrogens is 405 g/mol. The second kappa shape index (κ2) is 7.17. The molecule has 0 saturated heterocycles.